The van der Waals surface area contributed by atoms with E-state index in [1.54, 1.807) is 12.1 Å². The van der Waals surface area contributed by atoms with Crippen molar-refractivity contribution in [3.8, 4) is 11.6 Å². The molecule has 0 radical (unpaired) electrons. The molecule has 3 aromatic rings. The van der Waals surface area contributed by atoms with Crippen LogP contribution < -0.4 is 10.2 Å². The Kier molecular flexibility index (Phi) is 3.05. The summed E-state index contributed by atoms with van der Waals surface area (Å²) in [4.78, 5) is 2.34. The van der Waals surface area contributed by atoms with Crippen LogP contribution in [0.1, 0.15) is 0 Å². The zero-order valence-corrected chi connectivity index (χ0v) is 12.0. The number of nitrogens with zero attached hydrogens (tertiary/aromatic N) is 4. The van der Waals surface area contributed by atoms with Crippen molar-refractivity contribution >= 4 is 22.9 Å². The molecule has 0 amide bonds. The maximum Gasteiger partial charge on any atom is 0.204 e. The van der Waals surface area contributed by atoms with E-state index in [9.17, 15) is 0 Å². The molecule has 1 aliphatic heterocycles. The van der Waals surface area contributed by atoms with E-state index in [0.717, 1.165) is 31.8 Å². The second kappa shape index (κ2) is 5.05. The normalized spacial score (nSPS) is 15.8. The van der Waals surface area contributed by atoms with E-state index in [1.165, 1.54) is 5.69 Å². The first-order valence-corrected chi connectivity index (χ1v) is 7.25. The topological polar surface area (TPSA) is 58.6 Å². The van der Waals surface area contributed by atoms with Crippen molar-refractivity contribution in [2.45, 2.75) is 0 Å². The Morgan fingerprint density at radius 1 is 1.14 bits per heavy atom. The van der Waals surface area contributed by atoms with Crippen LogP contribution in [0.25, 0.3) is 17.2 Å². The van der Waals surface area contributed by atoms with Crippen LogP contribution in [0.5, 0.6) is 0 Å². The average molecular weight is 304 g/mol. The Labute approximate surface area is 126 Å². The van der Waals surface area contributed by atoms with Gasteiger partial charge in [0.2, 0.25) is 5.82 Å². The predicted octanol–water partition coefficient (Wildman–Crippen LogP) is 2.05. The molecule has 0 aliphatic carbocycles. The molecular formula is C14H14ClN5O. The van der Waals surface area contributed by atoms with E-state index in [4.69, 9.17) is 16.0 Å². The summed E-state index contributed by atoms with van der Waals surface area (Å²) in [7, 11) is 0. The molecule has 21 heavy (non-hydrogen) atoms. The standard InChI is InChI=1S/C14H14ClN5O/c15-12-2-1-11(21-12)14-18-17-13-9-10(3-6-20(13)14)19-7-4-16-5-8-19/h1-3,6,9,16H,4-5,7-8H2. The summed E-state index contributed by atoms with van der Waals surface area (Å²) in [6.45, 7) is 4.03. The lowest BCUT2D eigenvalue weighted by Crippen LogP contribution is -2.43. The van der Waals surface area contributed by atoms with E-state index in [1.807, 2.05) is 16.7 Å². The summed E-state index contributed by atoms with van der Waals surface area (Å²) in [5.74, 6) is 1.27. The highest BCUT2D eigenvalue weighted by atomic mass is 35.5. The number of pyridine rings is 1. The quantitative estimate of drug-likeness (QED) is 0.785. The minimum atomic E-state index is 0.346. The van der Waals surface area contributed by atoms with Crippen molar-refractivity contribution in [1.29, 1.82) is 0 Å². The fraction of sp³-hybridized carbons (Fsp3) is 0.286. The summed E-state index contributed by atoms with van der Waals surface area (Å²) in [6.07, 6.45) is 1.97. The van der Waals surface area contributed by atoms with Crippen molar-refractivity contribution in [2.75, 3.05) is 31.1 Å². The van der Waals surface area contributed by atoms with Gasteiger partial charge in [0.25, 0.3) is 0 Å². The molecule has 0 bridgehead atoms. The summed E-state index contributed by atoms with van der Waals surface area (Å²) >= 11 is 5.82. The lowest BCUT2D eigenvalue weighted by molar-refractivity contribution is 0.578. The molecule has 0 atom stereocenters. The van der Waals surface area contributed by atoms with Gasteiger partial charge in [-0.3, -0.25) is 4.40 Å². The summed E-state index contributed by atoms with van der Waals surface area (Å²) in [5, 5.41) is 12.1. The Balaban J connectivity index is 1.73. The maximum atomic E-state index is 5.82. The Morgan fingerprint density at radius 3 is 2.76 bits per heavy atom. The first-order chi connectivity index (χ1) is 10.3. The average Bonchev–Trinajstić information content (AvgIpc) is 3.13. The first kappa shape index (κ1) is 12.7. The molecule has 7 heteroatoms. The van der Waals surface area contributed by atoms with Gasteiger partial charge < -0.3 is 14.6 Å². The molecule has 6 nitrogen and oxygen atoms in total. The van der Waals surface area contributed by atoms with Gasteiger partial charge in [-0.2, -0.15) is 0 Å². The Morgan fingerprint density at radius 2 is 2.00 bits per heavy atom. The molecule has 108 valence electrons. The maximum absolute atomic E-state index is 5.82. The zero-order valence-electron chi connectivity index (χ0n) is 11.3. The van der Waals surface area contributed by atoms with Crippen LogP contribution in [0.3, 0.4) is 0 Å². The third kappa shape index (κ3) is 2.26. The number of anilines is 1. The van der Waals surface area contributed by atoms with Gasteiger partial charge in [0, 0.05) is 44.1 Å². The smallest absolute Gasteiger partial charge is 0.204 e. The molecule has 0 spiro atoms. The van der Waals surface area contributed by atoms with Crippen LogP contribution in [0.4, 0.5) is 5.69 Å². The minimum absolute atomic E-state index is 0.346. The van der Waals surface area contributed by atoms with E-state index in [-0.39, 0.29) is 0 Å². The van der Waals surface area contributed by atoms with Crippen molar-refractivity contribution in [1.82, 2.24) is 19.9 Å². The Hall–Kier alpha value is -2.05. The molecule has 1 saturated heterocycles. The van der Waals surface area contributed by atoms with Crippen molar-refractivity contribution in [3.05, 3.63) is 35.7 Å². The van der Waals surface area contributed by atoms with E-state index < -0.39 is 0 Å². The number of rotatable bonds is 2. The van der Waals surface area contributed by atoms with Crippen LogP contribution in [-0.2, 0) is 0 Å². The molecule has 0 aromatic carbocycles. The van der Waals surface area contributed by atoms with E-state index in [0.29, 0.717) is 16.8 Å². The summed E-state index contributed by atoms with van der Waals surface area (Å²) < 4.78 is 7.31. The van der Waals surface area contributed by atoms with Crippen LogP contribution in [-0.4, -0.2) is 40.8 Å². The molecular weight excluding hydrogens is 290 g/mol. The highest BCUT2D eigenvalue weighted by molar-refractivity contribution is 6.28. The number of furan rings is 1. The molecule has 1 aliphatic rings. The van der Waals surface area contributed by atoms with Gasteiger partial charge in [-0.1, -0.05) is 0 Å². The van der Waals surface area contributed by atoms with Gasteiger partial charge in [0.15, 0.2) is 16.6 Å². The molecule has 4 heterocycles. The molecule has 4 rings (SSSR count). The summed E-state index contributed by atoms with van der Waals surface area (Å²) in [6, 6.07) is 7.62. The SMILES string of the molecule is Clc1ccc(-c2nnc3cc(N4CCNCC4)ccn23)o1. The third-order valence-corrected chi connectivity index (χ3v) is 3.87. The van der Waals surface area contributed by atoms with Crippen molar-refractivity contribution < 1.29 is 4.42 Å². The second-order valence-electron chi connectivity index (χ2n) is 4.98. The first-order valence-electron chi connectivity index (χ1n) is 6.87. The summed E-state index contributed by atoms with van der Waals surface area (Å²) in [5.41, 5.74) is 1.97. The number of piperazine rings is 1. The third-order valence-electron chi connectivity index (χ3n) is 3.67. The predicted molar refractivity (Wildman–Crippen MR) is 80.8 cm³/mol. The van der Waals surface area contributed by atoms with Gasteiger partial charge in [0.05, 0.1) is 0 Å². The van der Waals surface area contributed by atoms with Crippen LogP contribution >= 0.6 is 11.6 Å². The molecule has 1 N–H and O–H groups in total. The zero-order chi connectivity index (χ0) is 14.2. The van der Waals surface area contributed by atoms with Gasteiger partial charge in [-0.05, 0) is 29.8 Å². The monoisotopic (exact) mass is 303 g/mol. The van der Waals surface area contributed by atoms with Gasteiger partial charge >= 0.3 is 0 Å². The van der Waals surface area contributed by atoms with Crippen LogP contribution in [0.2, 0.25) is 5.22 Å². The molecule has 0 saturated carbocycles. The van der Waals surface area contributed by atoms with E-state index >= 15 is 0 Å². The number of fused-ring (bicyclic) bond motifs is 1. The fourth-order valence-electron chi connectivity index (χ4n) is 2.60. The number of hydrogen-bond acceptors (Lipinski definition) is 5. The lowest BCUT2D eigenvalue weighted by atomic mass is 10.3. The number of aromatic nitrogens is 3. The minimum Gasteiger partial charge on any atom is -0.441 e. The van der Waals surface area contributed by atoms with Crippen LogP contribution in [0.15, 0.2) is 34.9 Å². The van der Waals surface area contributed by atoms with E-state index in [2.05, 4.69) is 26.5 Å². The van der Waals surface area contributed by atoms with Gasteiger partial charge in [-0.25, -0.2) is 0 Å². The van der Waals surface area contributed by atoms with Crippen molar-refractivity contribution in [2.24, 2.45) is 0 Å². The van der Waals surface area contributed by atoms with Gasteiger partial charge in [-0.15, -0.1) is 10.2 Å². The Bertz CT molecular complexity index is 775. The molecule has 1 fully saturated rings. The van der Waals surface area contributed by atoms with Gasteiger partial charge in [0.1, 0.15) is 0 Å². The van der Waals surface area contributed by atoms with Crippen LogP contribution in [0, 0.1) is 0 Å². The fourth-order valence-corrected chi connectivity index (χ4v) is 2.75. The largest absolute Gasteiger partial charge is 0.441 e. The molecule has 0 unspecified atom stereocenters. The van der Waals surface area contributed by atoms with Crippen molar-refractivity contribution in [3.63, 3.8) is 0 Å². The highest BCUT2D eigenvalue weighted by Gasteiger charge is 2.15. The number of nitrogens with one attached hydrogen (secondary N) is 1. The highest BCUT2D eigenvalue weighted by Crippen LogP contribution is 2.25. The lowest BCUT2D eigenvalue weighted by Gasteiger charge is -2.29. The second-order valence-corrected chi connectivity index (χ2v) is 5.35. The molecule has 3 aromatic heterocycles. The number of hydrogen-bond donors (Lipinski definition) is 1. The number of halogens is 1.